The molecule has 6 heteroatoms. The first-order chi connectivity index (χ1) is 14.5. The number of hydrogen-bond acceptors (Lipinski definition) is 2. The second-order valence-electron chi connectivity index (χ2n) is 7.32. The van der Waals surface area contributed by atoms with Crippen LogP contribution < -0.4 is 10.9 Å². The van der Waals surface area contributed by atoms with E-state index in [0.29, 0.717) is 10.0 Å². The molecule has 0 bridgehead atoms. The van der Waals surface area contributed by atoms with Gasteiger partial charge in [0, 0.05) is 16.2 Å². The molecule has 0 aliphatic heterocycles. The predicted octanol–water partition coefficient (Wildman–Crippen LogP) is 5.25. The van der Waals surface area contributed by atoms with Crippen molar-refractivity contribution in [1.29, 1.82) is 0 Å². The van der Waals surface area contributed by atoms with Crippen molar-refractivity contribution in [2.75, 3.05) is 0 Å². The number of nitrogens with zero attached hydrogens (tertiary/aromatic N) is 1. The van der Waals surface area contributed by atoms with Gasteiger partial charge in [0.05, 0.1) is 5.69 Å². The van der Waals surface area contributed by atoms with Gasteiger partial charge < -0.3 is 4.65 Å². The normalized spacial score (nSPS) is 12.0. The van der Waals surface area contributed by atoms with Crippen molar-refractivity contribution in [3.05, 3.63) is 111 Å². The van der Waals surface area contributed by atoms with E-state index in [0.717, 1.165) is 33.3 Å². The number of halogens is 2. The smallest absolute Gasteiger partial charge is 0.362 e. The Bertz CT molecular complexity index is 1080. The molecule has 150 valence electrons. The third-order valence-electron chi connectivity index (χ3n) is 5.16. The van der Waals surface area contributed by atoms with Gasteiger partial charge >= 0.3 is 6.92 Å². The van der Waals surface area contributed by atoms with E-state index < -0.39 is 0 Å². The highest BCUT2D eigenvalue weighted by Gasteiger charge is 2.29. The Hall–Kier alpha value is -2.53. The summed E-state index contributed by atoms with van der Waals surface area (Å²) in [7, 11) is 0. The molecule has 0 fully saturated rings. The van der Waals surface area contributed by atoms with Gasteiger partial charge in [-0.25, -0.2) is 0 Å². The molecule has 1 unspecified atom stereocenters. The average molecular weight is 435 g/mol. The summed E-state index contributed by atoms with van der Waals surface area (Å²) >= 11 is 12.9. The average Bonchev–Trinajstić information content (AvgIpc) is 3.28. The maximum atomic E-state index is 6.74. The number of benzene rings is 3. The van der Waals surface area contributed by atoms with Crippen LogP contribution in [0.25, 0.3) is 0 Å². The topological polar surface area (TPSA) is 37.9 Å². The summed E-state index contributed by atoms with van der Waals surface area (Å²) in [5, 5.41) is 8.70. The number of aryl methyl sites for hydroxylation is 2. The molecule has 0 aliphatic rings. The van der Waals surface area contributed by atoms with Gasteiger partial charge in [0.1, 0.15) is 6.10 Å². The van der Waals surface area contributed by atoms with Crippen molar-refractivity contribution in [2.24, 2.45) is 0 Å². The first-order valence-corrected chi connectivity index (χ1v) is 10.5. The lowest BCUT2D eigenvalue weighted by atomic mass is 9.55. The Morgan fingerprint density at radius 2 is 1.43 bits per heavy atom. The lowest BCUT2D eigenvalue weighted by molar-refractivity contribution is 0.253. The standard InChI is InChI=1S/C24H21BCl2N2O/c1-16-8-10-19(14-21(16)26)25(20-11-9-17(2)22(27)15-20)30-24(23-12-13-28-29-23)18-6-4-3-5-7-18/h3-15,24H,1-2H3,(H,28,29). The Balaban J connectivity index is 1.81. The molecule has 0 saturated heterocycles. The number of hydrogen-bond donors (Lipinski definition) is 1. The molecule has 1 heterocycles. The van der Waals surface area contributed by atoms with Gasteiger partial charge in [-0.1, -0.05) is 77.8 Å². The fourth-order valence-electron chi connectivity index (χ4n) is 3.39. The minimum atomic E-state index is -0.372. The van der Waals surface area contributed by atoms with Gasteiger partial charge in [-0.2, -0.15) is 5.10 Å². The number of aromatic nitrogens is 2. The molecule has 4 rings (SSSR count). The molecular formula is C24H21BCl2N2O. The van der Waals surface area contributed by atoms with Crippen molar-refractivity contribution in [3.8, 4) is 0 Å². The third-order valence-corrected chi connectivity index (χ3v) is 5.98. The van der Waals surface area contributed by atoms with Gasteiger partial charge in [0.2, 0.25) is 0 Å². The van der Waals surface area contributed by atoms with E-state index in [9.17, 15) is 0 Å². The zero-order valence-corrected chi connectivity index (χ0v) is 18.3. The minimum absolute atomic E-state index is 0.359. The Kier molecular flexibility index (Phi) is 6.28. The molecule has 0 amide bonds. The SMILES string of the molecule is Cc1ccc(B(OC(c2ccccc2)c2cc[nH]n2)c2ccc(C)c(Cl)c2)cc1Cl. The summed E-state index contributed by atoms with van der Waals surface area (Å²) < 4.78 is 6.74. The van der Waals surface area contributed by atoms with Crippen molar-refractivity contribution in [1.82, 2.24) is 10.2 Å². The lowest BCUT2D eigenvalue weighted by Crippen LogP contribution is -2.46. The van der Waals surface area contributed by atoms with Crippen molar-refractivity contribution in [2.45, 2.75) is 20.0 Å². The van der Waals surface area contributed by atoms with E-state index in [1.807, 2.05) is 86.6 Å². The highest BCUT2D eigenvalue weighted by molar-refractivity contribution is 6.80. The maximum Gasteiger partial charge on any atom is 0.362 e. The predicted molar refractivity (Wildman–Crippen MR) is 125 cm³/mol. The van der Waals surface area contributed by atoms with Crippen LogP contribution in [0.3, 0.4) is 0 Å². The fourth-order valence-corrected chi connectivity index (χ4v) is 3.77. The summed E-state index contributed by atoms with van der Waals surface area (Å²) in [6, 6.07) is 24.0. The largest absolute Gasteiger partial charge is 0.414 e. The summed E-state index contributed by atoms with van der Waals surface area (Å²) in [4.78, 5) is 0. The zero-order valence-electron chi connectivity index (χ0n) is 16.8. The monoisotopic (exact) mass is 434 g/mol. The van der Waals surface area contributed by atoms with Crippen molar-refractivity contribution >= 4 is 41.0 Å². The van der Waals surface area contributed by atoms with E-state index in [1.54, 1.807) is 6.20 Å². The molecule has 1 aromatic heterocycles. The Morgan fingerprint density at radius 1 is 0.833 bits per heavy atom. The van der Waals surface area contributed by atoms with E-state index in [-0.39, 0.29) is 13.0 Å². The molecule has 4 aromatic rings. The first-order valence-electron chi connectivity index (χ1n) is 9.75. The number of H-pyrrole nitrogens is 1. The molecule has 3 nitrogen and oxygen atoms in total. The molecule has 0 aliphatic carbocycles. The van der Waals surface area contributed by atoms with E-state index >= 15 is 0 Å². The van der Waals surface area contributed by atoms with Crippen LogP contribution in [0, 0.1) is 13.8 Å². The Labute approximate surface area is 187 Å². The molecule has 3 aromatic carbocycles. The van der Waals surface area contributed by atoms with Gasteiger partial charge in [-0.15, -0.1) is 0 Å². The molecule has 0 spiro atoms. The molecule has 1 N–H and O–H groups in total. The molecule has 1 atom stereocenters. The van der Waals surface area contributed by atoms with Crippen molar-refractivity contribution < 1.29 is 4.65 Å². The van der Waals surface area contributed by atoms with Gasteiger partial charge in [-0.3, -0.25) is 5.10 Å². The minimum Gasteiger partial charge on any atom is -0.414 e. The van der Waals surface area contributed by atoms with Crippen LogP contribution in [0.2, 0.25) is 10.0 Å². The second-order valence-corrected chi connectivity index (χ2v) is 8.14. The van der Waals surface area contributed by atoms with Crippen LogP contribution in [-0.2, 0) is 4.65 Å². The van der Waals surface area contributed by atoms with E-state index in [1.165, 1.54) is 0 Å². The summed E-state index contributed by atoms with van der Waals surface area (Å²) in [5.74, 6) is 0. The second kappa shape index (κ2) is 9.09. The van der Waals surface area contributed by atoms with E-state index in [4.69, 9.17) is 27.9 Å². The highest BCUT2D eigenvalue weighted by atomic mass is 35.5. The third kappa shape index (κ3) is 4.46. The summed E-state index contributed by atoms with van der Waals surface area (Å²) in [6.45, 7) is 3.60. The van der Waals surface area contributed by atoms with Crippen LogP contribution in [0.1, 0.15) is 28.5 Å². The van der Waals surface area contributed by atoms with Gasteiger partial charge in [-0.05, 0) is 59.7 Å². The molecule has 0 saturated carbocycles. The molecular weight excluding hydrogens is 414 g/mol. The maximum absolute atomic E-state index is 6.74. The molecule has 0 radical (unpaired) electrons. The summed E-state index contributed by atoms with van der Waals surface area (Å²) in [5.41, 5.74) is 5.79. The van der Waals surface area contributed by atoms with Gasteiger partial charge in [0.15, 0.2) is 0 Å². The number of aromatic amines is 1. The Morgan fingerprint density at radius 3 is 1.93 bits per heavy atom. The van der Waals surface area contributed by atoms with Crippen molar-refractivity contribution in [3.63, 3.8) is 0 Å². The quantitative estimate of drug-likeness (QED) is 0.421. The van der Waals surface area contributed by atoms with Crippen LogP contribution in [0.15, 0.2) is 79.0 Å². The van der Waals surface area contributed by atoms with Crippen LogP contribution in [-0.4, -0.2) is 17.1 Å². The lowest BCUT2D eigenvalue weighted by Gasteiger charge is -2.24. The summed E-state index contributed by atoms with van der Waals surface area (Å²) in [6.07, 6.45) is 1.44. The fraction of sp³-hybridized carbons (Fsp3) is 0.125. The van der Waals surface area contributed by atoms with E-state index in [2.05, 4.69) is 10.2 Å². The highest BCUT2D eigenvalue weighted by Crippen LogP contribution is 2.26. The number of nitrogens with one attached hydrogen (secondary N) is 1. The molecule has 30 heavy (non-hydrogen) atoms. The van der Waals surface area contributed by atoms with Crippen LogP contribution in [0.4, 0.5) is 0 Å². The first kappa shape index (κ1) is 20.7. The van der Waals surface area contributed by atoms with Gasteiger partial charge in [0.25, 0.3) is 0 Å². The van der Waals surface area contributed by atoms with Crippen LogP contribution >= 0.6 is 23.2 Å². The number of rotatable bonds is 6. The zero-order chi connectivity index (χ0) is 21.1. The van der Waals surface area contributed by atoms with Crippen LogP contribution in [0.5, 0.6) is 0 Å².